The lowest BCUT2D eigenvalue weighted by Gasteiger charge is -2.29. The van der Waals surface area contributed by atoms with Gasteiger partial charge in [0.2, 0.25) is 5.91 Å². The number of piperidine rings is 1. The molecule has 29 heavy (non-hydrogen) atoms. The minimum atomic E-state index is -0.0625. The number of aromatic hydroxyl groups is 1. The molecule has 0 radical (unpaired) electrons. The number of amides is 2. The number of carbonyl (C=O) groups is 2. The van der Waals surface area contributed by atoms with Gasteiger partial charge in [0, 0.05) is 5.57 Å². The van der Waals surface area contributed by atoms with Crippen molar-refractivity contribution in [3.8, 4) is 11.4 Å². The van der Waals surface area contributed by atoms with E-state index in [9.17, 15) is 14.7 Å². The van der Waals surface area contributed by atoms with E-state index in [1.165, 1.54) is 9.70 Å². The highest BCUT2D eigenvalue weighted by molar-refractivity contribution is 6.17. The van der Waals surface area contributed by atoms with E-state index >= 15 is 0 Å². The number of imide groups is 1. The Morgan fingerprint density at radius 1 is 1.03 bits per heavy atom. The largest absolute Gasteiger partial charge is 0.505 e. The number of rotatable bonds is 1. The standard InChI is InChI=1S/C14H13N3O.C8H7NO2/c1-9-7-10(2)14(18)13(8-9)17-15-11-5-3-4-6-12(11)16-17;10-7-5-2-1-4-3-6(5)8(11)9(4)7/h3-8,18H,1-2H3;3-5H,1-2H2. The second-order valence-corrected chi connectivity index (χ2v) is 7.76. The summed E-state index contributed by atoms with van der Waals surface area (Å²) in [5, 5.41) is 18.8. The lowest BCUT2D eigenvalue weighted by Crippen LogP contribution is -2.42. The van der Waals surface area contributed by atoms with Gasteiger partial charge >= 0.3 is 0 Å². The zero-order valence-corrected chi connectivity index (χ0v) is 16.2. The predicted molar refractivity (Wildman–Crippen MR) is 106 cm³/mol. The topological polar surface area (TPSA) is 88.3 Å². The number of benzene rings is 2. The highest BCUT2D eigenvalue weighted by Gasteiger charge is 2.54. The van der Waals surface area contributed by atoms with E-state index in [2.05, 4.69) is 10.2 Å². The molecule has 1 aliphatic carbocycles. The van der Waals surface area contributed by atoms with Gasteiger partial charge < -0.3 is 5.11 Å². The van der Waals surface area contributed by atoms with Gasteiger partial charge in [-0.2, -0.15) is 0 Å². The van der Waals surface area contributed by atoms with Crippen LogP contribution in [0.2, 0.25) is 0 Å². The number of nitrogens with zero attached hydrogens (tertiary/aromatic N) is 4. The molecule has 1 N–H and O–H groups in total. The third-order valence-electron chi connectivity index (χ3n) is 5.76. The van der Waals surface area contributed by atoms with Gasteiger partial charge in [-0.3, -0.25) is 14.5 Å². The van der Waals surface area contributed by atoms with Crippen molar-refractivity contribution in [3.63, 3.8) is 0 Å². The van der Waals surface area contributed by atoms with Crippen LogP contribution < -0.4 is 0 Å². The first-order valence-electron chi connectivity index (χ1n) is 9.66. The van der Waals surface area contributed by atoms with E-state index in [4.69, 9.17) is 0 Å². The second kappa shape index (κ2) is 6.27. The molecule has 7 rings (SSSR count). The summed E-state index contributed by atoms with van der Waals surface area (Å²) in [4.78, 5) is 25.5. The smallest absolute Gasteiger partial charge is 0.257 e. The Bertz CT molecular complexity index is 1180. The molecule has 2 fully saturated rings. The Morgan fingerprint density at radius 2 is 1.72 bits per heavy atom. The van der Waals surface area contributed by atoms with Crippen LogP contribution in [0.15, 0.2) is 48.0 Å². The molecular formula is C22H20N4O3. The van der Waals surface area contributed by atoms with Crippen LogP contribution in [-0.2, 0) is 9.59 Å². The van der Waals surface area contributed by atoms with E-state index in [1.54, 1.807) is 0 Å². The first kappa shape index (κ1) is 17.6. The van der Waals surface area contributed by atoms with Crippen LogP contribution in [0.4, 0.5) is 0 Å². The molecule has 146 valence electrons. The molecule has 2 aromatic carbocycles. The van der Waals surface area contributed by atoms with E-state index in [-0.39, 0.29) is 29.5 Å². The van der Waals surface area contributed by atoms with Crippen molar-refractivity contribution in [3.05, 3.63) is 59.2 Å². The molecule has 2 amide bonds. The van der Waals surface area contributed by atoms with E-state index in [1.807, 2.05) is 56.3 Å². The van der Waals surface area contributed by atoms with Gasteiger partial charge in [0.25, 0.3) is 5.91 Å². The highest BCUT2D eigenvalue weighted by atomic mass is 16.3. The fourth-order valence-electron chi connectivity index (χ4n) is 4.36. The molecule has 4 heterocycles. The van der Waals surface area contributed by atoms with E-state index in [0.29, 0.717) is 5.69 Å². The monoisotopic (exact) mass is 388 g/mol. The summed E-state index contributed by atoms with van der Waals surface area (Å²) in [5.41, 5.74) is 4.91. The van der Waals surface area contributed by atoms with Crippen LogP contribution in [-0.4, -0.2) is 42.9 Å². The molecule has 0 spiro atoms. The van der Waals surface area contributed by atoms with Crippen LogP contribution in [0.5, 0.6) is 5.75 Å². The van der Waals surface area contributed by atoms with Crippen LogP contribution in [0.25, 0.3) is 16.7 Å². The number of carbonyl (C=O) groups excluding carboxylic acids is 2. The van der Waals surface area contributed by atoms with Crippen LogP contribution in [0, 0.1) is 19.8 Å². The van der Waals surface area contributed by atoms with Crippen LogP contribution in [0.1, 0.15) is 24.0 Å². The molecule has 7 nitrogen and oxygen atoms in total. The summed E-state index contributed by atoms with van der Waals surface area (Å²) >= 11 is 0. The van der Waals surface area contributed by atoms with Crippen molar-refractivity contribution in [2.75, 3.05) is 0 Å². The third-order valence-corrected chi connectivity index (χ3v) is 5.76. The molecule has 1 aromatic heterocycles. The maximum atomic E-state index is 11.3. The molecule has 2 unspecified atom stereocenters. The maximum absolute atomic E-state index is 11.3. The highest BCUT2D eigenvalue weighted by Crippen LogP contribution is 2.43. The number of phenolic OH excluding ortho intramolecular Hbond substituents is 1. The molecule has 0 saturated carbocycles. The number of hydrogen-bond acceptors (Lipinski definition) is 5. The molecular weight excluding hydrogens is 368 g/mol. The minimum Gasteiger partial charge on any atom is -0.505 e. The fraction of sp³-hybridized carbons (Fsp3) is 0.273. The van der Waals surface area contributed by atoms with E-state index in [0.717, 1.165) is 40.6 Å². The molecule has 3 aliphatic heterocycles. The maximum Gasteiger partial charge on any atom is 0.257 e. The first-order valence-corrected chi connectivity index (χ1v) is 9.66. The summed E-state index contributed by atoms with van der Waals surface area (Å²) in [6.45, 7) is 3.86. The summed E-state index contributed by atoms with van der Waals surface area (Å²) in [5.74, 6) is 0.180. The lowest BCUT2D eigenvalue weighted by molar-refractivity contribution is -0.142. The fourth-order valence-corrected chi connectivity index (χ4v) is 4.36. The van der Waals surface area contributed by atoms with Crippen molar-refractivity contribution in [1.29, 1.82) is 0 Å². The molecule has 4 bridgehead atoms. The molecule has 2 saturated heterocycles. The van der Waals surface area contributed by atoms with Gasteiger partial charge in [-0.1, -0.05) is 24.3 Å². The number of aromatic nitrogens is 3. The Hall–Kier alpha value is -3.48. The van der Waals surface area contributed by atoms with Crippen molar-refractivity contribution in [2.24, 2.45) is 5.92 Å². The molecule has 7 heteroatoms. The molecule has 3 aromatic rings. The number of fused-ring (bicyclic) bond motifs is 2. The van der Waals surface area contributed by atoms with Crippen molar-refractivity contribution in [2.45, 2.75) is 32.7 Å². The lowest BCUT2D eigenvalue weighted by atomic mass is 9.85. The summed E-state index contributed by atoms with van der Waals surface area (Å²) in [6, 6.07) is 11.6. The van der Waals surface area contributed by atoms with Crippen molar-refractivity contribution < 1.29 is 14.7 Å². The van der Waals surface area contributed by atoms with Gasteiger partial charge in [-0.25, -0.2) is 0 Å². The SMILES string of the molecule is Cc1cc(C)c(O)c(-n2nc3ccccc3n2)c1.O=C1C2=CC3CCC2C(=O)N13. The average Bonchev–Trinajstić information content (AvgIpc) is 3.32. The quantitative estimate of drug-likeness (QED) is 0.648. The molecule has 2 atom stereocenters. The van der Waals surface area contributed by atoms with Crippen LogP contribution in [0.3, 0.4) is 0 Å². The predicted octanol–water partition coefficient (Wildman–Crippen LogP) is 2.82. The number of hydrogen-bond donors (Lipinski definition) is 1. The zero-order chi connectivity index (χ0) is 20.3. The Kier molecular flexibility index (Phi) is 3.81. The van der Waals surface area contributed by atoms with Gasteiger partial charge in [-0.05, 0) is 56.0 Å². The first-order chi connectivity index (χ1) is 13.9. The third kappa shape index (κ3) is 2.65. The van der Waals surface area contributed by atoms with E-state index < -0.39 is 0 Å². The van der Waals surface area contributed by atoms with Gasteiger partial charge in [0.15, 0.2) is 0 Å². The Morgan fingerprint density at radius 3 is 2.28 bits per heavy atom. The van der Waals surface area contributed by atoms with Gasteiger partial charge in [-0.15, -0.1) is 15.0 Å². The van der Waals surface area contributed by atoms with Gasteiger partial charge in [0.05, 0.1) is 12.0 Å². The average molecular weight is 388 g/mol. The molecule has 4 aliphatic rings. The summed E-state index contributed by atoms with van der Waals surface area (Å²) in [7, 11) is 0. The Labute approximate surface area is 167 Å². The zero-order valence-electron chi connectivity index (χ0n) is 16.2. The number of phenols is 1. The van der Waals surface area contributed by atoms with Gasteiger partial charge in [0.1, 0.15) is 22.5 Å². The second-order valence-electron chi connectivity index (χ2n) is 7.76. The summed E-state index contributed by atoms with van der Waals surface area (Å²) < 4.78 is 0. The number of aryl methyl sites for hydroxylation is 2. The Balaban J connectivity index is 0.000000140. The minimum absolute atomic E-state index is 0.0255. The van der Waals surface area contributed by atoms with Crippen molar-refractivity contribution in [1.82, 2.24) is 19.9 Å². The normalized spacial score (nSPS) is 21.6. The van der Waals surface area contributed by atoms with Crippen LogP contribution >= 0.6 is 0 Å². The summed E-state index contributed by atoms with van der Waals surface area (Å²) in [6.07, 6.45) is 3.82. The van der Waals surface area contributed by atoms with Crippen molar-refractivity contribution >= 4 is 22.8 Å².